The average molecular weight is 311 g/mol. The first-order chi connectivity index (χ1) is 8.16. The molecular weight excluding hydrogens is 300 g/mol. The van der Waals surface area contributed by atoms with Crippen LogP contribution in [0.5, 0.6) is 0 Å². The van der Waals surface area contributed by atoms with Gasteiger partial charge in [0, 0.05) is 15.5 Å². The minimum absolute atomic E-state index is 0.0689. The molecule has 0 aliphatic heterocycles. The molecule has 88 valence electrons. The Hall–Kier alpha value is -1.20. The zero-order chi connectivity index (χ0) is 12.3. The summed E-state index contributed by atoms with van der Waals surface area (Å²) in [6.45, 7) is 2.42. The largest absolute Gasteiger partial charge is 0.346 e. The van der Waals surface area contributed by atoms with Crippen molar-refractivity contribution in [1.29, 1.82) is 0 Å². The third-order valence-corrected chi connectivity index (χ3v) is 4.11. The number of aromatic nitrogens is 1. The Morgan fingerprint density at radius 1 is 1.53 bits per heavy atom. The molecule has 0 bridgehead atoms. The van der Waals surface area contributed by atoms with Crippen molar-refractivity contribution in [3.8, 4) is 0 Å². The molecule has 0 saturated heterocycles. The lowest BCUT2D eigenvalue weighted by atomic mass is 10.3. The van der Waals surface area contributed by atoms with Crippen LogP contribution < -0.4 is 5.32 Å². The van der Waals surface area contributed by atoms with Gasteiger partial charge in [0.2, 0.25) is 0 Å². The lowest BCUT2D eigenvalue weighted by molar-refractivity contribution is 0.0954. The Bertz CT molecular complexity index is 525. The van der Waals surface area contributed by atoms with Crippen LogP contribution in [0.3, 0.4) is 0 Å². The van der Waals surface area contributed by atoms with Crippen LogP contribution in [-0.2, 0) is 6.54 Å². The van der Waals surface area contributed by atoms with E-state index in [4.69, 9.17) is 0 Å². The quantitative estimate of drug-likeness (QED) is 0.946. The number of carbonyl (C=O) groups excluding carboxylic acids is 1. The van der Waals surface area contributed by atoms with Gasteiger partial charge in [0.25, 0.3) is 5.91 Å². The van der Waals surface area contributed by atoms with Crippen molar-refractivity contribution in [3.63, 3.8) is 0 Å². The highest BCUT2D eigenvalue weighted by Crippen LogP contribution is 2.26. The predicted molar refractivity (Wildman–Crippen MR) is 72.2 cm³/mol. The molecule has 2 aromatic heterocycles. The van der Waals surface area contributed by atoms with E-state index in [9.17, 15) is 4.79 Å². The van der Waals surface area contributed by atoms with Gasteiger partial charge in [-0.3, -0.25) is 9.78 Å². The maximum atomic E-state index is 11.9. The number of hydrogen-bond donors (Lipinski definition) is 1. The third-order valence-electron chi connectivity index (χ3n) is 2.17. The normalized spacial score (nSPS) is 10.2. The number of halogens is 1. The molecular formula is C12H11BrN2OS. The fourth-order valence-corrected chi connectivity index (χ4v) is 3.13. The number of amides is 1. The highest BCUT2D eigenvalue weighted by molar-refractivity contribution is 9.10. The number of thiophene rings is 1. The van der Waals surface area contributed by atoms with Crippen molar-refractivity contribution >= 4 is 33.2 Å². The summed E-state index contributed by atoms with van der Waals surface area (Å²) >= 11 is 4.86. The van der Waals surface area contributed by atoms with Gasteiger partial charge in [-0.2, -0.15) is 0 Å². The molecule has 2 heterocycles. The monoisotopic (exact) mass is 310 g/mol. The van der Waals surface area contributed by atoms with Gasteiger partial charge >= 0.3 is 0 Å². The molecule has 2 rings (SSSR count). The molecule has 17 heavy (non-hydrogen) atoms. The minimum atomic E-state index is -0.0689. The predicted octanol–water partition coefficient (Wildman–Crippen LogP) is 3.14. The van der Waals surface area contributed by atoms with E-state index in [0.717, 1.165) is 15.0 Å². The summed E-state index contributed by atoms with van der Waals surface area (Å²) in [5.41, 5.74) is 0.852. The topological polar surface area (TPSA) is 42.0 Å². The third kappa shape index (κ3) is 3.14. The lowest BCUT2D eigenvalue weighted by Crippen LogP contribution is -2.22. The molecule has 0 saturated carbocycles. The molecule has 3 nitrogen and oxygen atoms in total. The number of nitrogens with zero attached hydrogens (tertiary/aromatic N) is 1. The van der Waals surface area contributed by atoms with Crippen molar-refractivity contribution in [1.82, 2.24) is 10.3 Å². The van der Waals surface area contributed by atoms with Gasteiger partial charge in [-0.15, -0.1) is 11.3 Å². The van der Waals surface area contributed by atoms with Crippen LogP contribution in [0.15, 0.2) is 34.9 Å². The standard InChI is InChI=1S/C12H11BrN2OS/c1-8-6-10(13)11(17-8)12(16)15-7-9-4-2-3-5-14-9/h2-6H,7H2,1H3,(H,15,16). The molecule has 0 unspecified atom stereocenters. The second-order valence-electron chi connectivity index (χ2n) is 3.54. The van der Waals surface area contributed by atoms with Crippen LogP contribution in [-0.4, -0.2) is 10.9 Å². The van der Waals surface area contributed by atoms with Crippen molar-refractivity contribution in [3.05, 3.63) is 50.4 Å². The molecule has 0 aromatic carbocycles. The number of carbonyl (C=O) groups is 1. The smallest absolute Gasteiger partial charge is 0.262 e. The van der Waals surface area contributed by atoms with Crippen LogP contribution in [0, 0.1) is 6.92 Å². The number of rotatable bonds is 3. The van der Waals surface area contributed by atoms with Gasteiger partial charge in [-0.25, -0.2) is 0 Å². The maximum absolute atomic E-state index is 11.9. The summed E-state index contributed by atoms with van der Waals surface area (Å²) in [6, 6.07) is 7.58. The molecule has 0 spiro atoms. The molecule has 0 aliphatic rings. The summed E-state index contributed by atoms with van der Waals surface area (Å²) in [5, 5.41) is 2.85. The van der Waals surface area contributed by atoms with Gasteiger partial charge in [0.15, 0.2) is 0 Å². The first-order valence-corrected chi connectivity index (χ1v) is 6.72. The van der Waals surface area contributed by atoms with Crippen molar-refractivity contribution in [2.45, 2.75) is 13.5 Å². The van der Waals surface area contributed by atoms with Gasteiger partial charge in [-0.05, 0) is 41.1 Å². The van der Waals surface area contributed by atoms with E-state index in [-0.39, 0.29) is 5.91 Å². The van der Waals surface area contributed by atoms with Crippen molar-refractivity contribution < 1.29 is 4.79 Å². The Morgan fingerprint density at radius 2 is 2.35 bits per heavy atom. The zero-order valence-corrected chi connectivity index (χ0v) is 11.6. The highest BCUT2D eigenvalue weighted by Gasteiger charge is 2.12. The Kier molecular flexibility index (Phi) is 3.91. The highest BCUT2D eigenvalue weighted by atomic mass is 79.9. The molecule has 0 radical (unpaired) electrons. The average Bonchev–Trinajstić information content (AvgIpc) is 2.67. The van der Waals surface area contributed by atoms with Crippen LogP contribution in [0.1, 0.15) is 20.2 Å². The Balaban J connectivity index is 2.01. The minimum Gasteiger partial charge on any atom is -0.346 e. The Labute approximate surface area is 112 Å². The maximum Gasteiger partial charge on any atom is 0.262 e. The first-order valence-electron chi connectivity index (χ1n) is 5.11. The van der Waals surface area contributed by atoms with E-state index < -0.39 is 0 Å². The molecule has 2 aromatic rings. The summed E-state index contributed by atoms with van der Waals surface area (Å²) in [4.78, 5) is 17.9. The number of nitrogens with one attached hydrogen (secondary N) is 1. The van der Waals surface area contributed by atoms with E-state index >= 15 is 0 Å². The van der Waals surface area contributed by atoms with Crippen LogP contribution in [0.2, 0.25) is 0 Å². The van der Waals surface area contributed by atoms with Gasteiger partial charge in [0.1, 0.15) is 4.88 Å². The van der Waals surface area contributed by atoms with Gasteiger partial charge in [0.05, 0.1) is 12.2 Å². The van der Waals surface area contributed by atoms with Crippen molar-refractivity contribution in [2.75, 3.05) is 0 Å². The van der Waals surface area contributed by atoms with E-state index in [2.05, 4.69) is 26.2 Å². The van der Waals surface area contributed by atoms with Crippen LogP contribution in [0.4, 0.5) is 0 Å². The lowest BCUT2D eigenvalue weighted by Gasteiger charge is -2.03. The number of pyridine rings is 1. The molecule has 1 amide bonds. The molecule has 0 fully saturated rings. The fourth-order valence-electron chi connectivity index (χ4n) is 1.39. The summed E-state index contributed by atoms with van der Waals surface area (Å²) in [6.07, 6.45) is 1.71. The van der Waals surface area contributed by atoms with E-state index in [1.54, 1.807) is 6.20 Å². The number of hydrogen-bond acceptors (Lipinski definition) is 3. The molecule has 0 atom stereocenters. The van der Waals surface area contributed by atoms with Crippen LogP contribution >= 0.6 is 27.3 Å². The van der Waals surface area contributed by atoms with Crippen molar-refractivity contribution in [2.24, 2.45) is 0 Å². The van der Waals surface area contributed by atoms with E-state index in [1.165, 1.54) is 11.3 Å². The van der Waals surface area contributed by atoms with E-state index in [1.807, 2.05) is 31.2 Å². The van der Waals surface area contributed by atoms with Crippen LogP contribution in [0.25, 0.3) is 0 Å². The van der Waals surface area contributed by atoms with Gasteiger partial charge < -0.3 is 5.32 Å². The first kappa shape index (κ1) is 12.3. The molecule has 0 aliphatic carbocycles. The number of aryl methyl sites for hydroxylation is 1. The van der Waals surface area contributed by atoms with Gasteiger partial charge in [-0.1, -0.05) is 6.07 Å². The SMILES string of the molecule is Cc1cc(Br)c(C(=O)NCc2ccccn2)s1. The summed E-state index contributed by atoms with van der Waals surface area (Å²) in [5.74, 6) is -0.0689. The second kappa shape index (κ2) is 5.42. The second-order valence-corrected chi connectivity index (χ2v) is 5.65. The van der Waals surface area contributed by atoms with E-state index in [0.29, 0.717) is 11.4 Å². The Morgan fingerprint density at radius 3 is 2.94 bits per heavy atom. The summed E-state index contributed by atoms with van der Waals surface area (Å²) in [7, 11) is 0. The fraction of sp³-hybridized carbons (Fsp3) is 0.167. The molecule has 5 heteroatoms. The molecule has 1 N–H and O–H groups in total. The zero-order valence-electron chi connectivity index (χ0n) is 9.24. The summed E-state index contributed by atoms with van der Waals surface area (Å²) < 4.78 is 0.846.